The molecule has 3 heterocycles. The van der Waals surface area contributed by atoms with Gasteiger partial charge in [0.05, 0.1) is 24.6 Å². The molecule has 3 aromatic rings. The van der Waals surface area contributed by atoms with Gasteiger partial charge in [-0.2, -0.15) is 10.1 Å². The van der Waals surface area contributed by atoms with Gasteiger partial charge in [-0.1, -0.05) is 0 Å². The van der Waals surface area contributed by atoms with Gasteiger partial charge in [-0.3, -0.25) is 5.10 Å². The summed E-state index contributed by atoms with van der Waals surface area (Å²) in [4.78, 5) is 11.5. The second-order valence-electron chi connectivity index (χ2n) is 8.73. The number of nitrogens with one attached hydrogen (secondary N) is 2. The standard InChI is InChI=1S/C23H31N7O2/c1-14-12-18(29-28-14)26-22-20-16(25-23(24)27-22)13-17(21(31-2)19(20)15-6-7-15)32-11-5-10-30-8-3-4-9-30/h12-13,15H,3-11H2,1-2H3,(H4,24,25,26,27,28,29). The summed E-state index contributed by atoms with van der Waals surface area (Å²) in [5.41, 5.74) is 8.88. The summed E-state index contributed by atoms with van der Waals surface area (Å²) < 4.78 is 12.1. The number of nitrogens with zero attached hydrogens (tertiary/aromatic N) is 4. The average molecular weight is 438 g/mol. The SMILES string of the molecule is COc1c(OCCCN2CCCC2)cc2nc(N)nc(Nc3cc(C)[nH]n3)c2c1C1CC1. The zero-order valence-corrected chi connectivity index (χ0v) is 18.8. The van der Waals surface area contributed by atoms with Crippen molar-refractivity contribution in [1.82, 2.24) is 25.1 Å². The first-order valence-electron chi connectivity index (χ1n) is 11.4. The van der Waals surface area contributed by atoms with Gasteiger partial charge < -0.3 is 25.4 Å². The summed E-state index contributed by atoms with van der Waals surface area (Å²) in [6, 6.07) is 3.85. The molecule has 2 aliphatic rings. The summed E-state index contributed by atoms with van der Waals surface area (Å²) in [5.74, 6) is 3.43. The highest BCUT2D eigenvalue weighted by molar-refractivity contribution is 5.98. The van der Waals surface area contributed by atoms with Crippen LogP contribution in [0.5, 0.6) is 11.5 Å². The van der Waals surface area contributed by atoms with E-state index in [4.69, 9.17) is 15.2 Å². The highest BCUT2D eigenvalue weighted by Crippen LogP contribution is 2.52. The first-order valence-corrected chi connectivity index (χ1v) is 11.4. The van der Waals surface area contributed by atoms with Crippen molar-refractivity contribution in [1.29, 1.82) is 0 Å². The van der Waals surface area contributed by atoms with Gasteiger partial charge in [0.2, 0.25) is 5.95 Å². The maximum atomic E-state index is 6.23. The van der Waals surface area contributed by atoms with Crippen LogP contribution in [0.15, 0.2) is 12.1 Å². The van der Waals surface area contributed by atoms with Crippen LogP contribution in [0.25, 0.3) is 10.9 Å². The third kappa shape index (κ3) is 4.29. The Bertz CT molecular complexity index is 1100. The van der Waals surface area contributed by atoms with E-state index in [0.717, 1.165) is 59.5 Å². The number of nitrogens with two attached hydrogens (primary N) is 1. The predicted molar refractivity (Wildman–Crippen MR) is 125 cm³/mol. The van der Waals surface area contributed by atoms with Crippen molar-refractivity contribution < 1.29 is 9.47 Å². The molecule has 1 saturated carbocycles. The number of benzene rings is 1. The molecule has 0 unspecified atom stereocenters. The van der Waals surface area contributed by atoms with Gasteiger partial charge in [-0.05, 0) is 58.0 Å². The monoisotopic (exact) mass is 437 g/mol. The van der Waals surface area contributed by atoms with Gasteiger partial charge in [-0.25, -0.2) is 4.98 Å². The van der Waals surface area contributed by atoms with Gasteiger partial charge >= 0.3 is 0 Å². The van der Waals surface area contributed by atoms with Crippen molar-refractivity contribution in [3.63, 3.8) is 0 Å². The number of aryl methyl sites for hydroxylation is 1. The van der Waals surface area contributed by atoms with E-state index in [-0.39, 0.29) is 5.95 Å². The minimum absolute atomic E-state index is 0.208. The lowest BCUT2D eigenvalue weighted by atomic mass is 10.0. The number of anilines is 3. The van der Waals surface area contributed by atoms with E-state index < -0.39 is 0 Å². The molecule has 32 heavy (non-hydrogen) atoms. The van der Waals surface area contributed by atoms with Crippen LogP contribution in [0.4, 0.5) is 17.6 Å². The van der Waals surface area contributed by atoms with Crippen LogP contribution in [-0.4, -0.2) is 58.4 Å². The van der Waals surface area contributed by atoms with Crippen LogP contribution in [0.2, 0.25) is 0 Å². The summed E-state index contributed by atoms with van der Waals surface area (Å²) in [5, 5.41) is 11.5. The molecule has 9 nitrogen and oxygen atoms in total. The lowest BCUT2D eigenvalue weighted by Crippen LogP contribution is -2.22. The number of ether oxygens (including phenoxy) is 2. The number of methoxy groups -OCH3 is 1. The van der Waals surface area contributed by atoms with Crippen molar-refractivity contribution in [2.45, 2.75) is 44.9 Å². The molecule has 1 aromatic carbocycles. The highest BCUT2D eigenvalue weighted by atomic mass is 16.5. The zero-order chi connectivity index (χ0) is 22.1. The number of nitrogen functional groups attached to an aromatic ring is 1. The largest absolute Gasteiger partial charge is 0.493 e. The summed E-state index contributed by atoms with van der Waals surface area (Å²) >= 11 is 0. The molecule has 0 amide bonds. The van der Waals surface area contributed by atoms with Gasteiger partial charge in [0.1, 0.15) is 5.82 Å². The van der Waals surface area contributed by atoms with Gasteiger partial charge in [-0.15, -0.1) is 0 Å². The Labute approximate surface area is 187 Å². The topological polar surface area (TPSA) is 114 Å². The molecule has 1 aliphatic heterocycles. The quantitative estimate of drug-likeness (QED) is 0.434. The number of hydrogen-bond acceptors (Lipinski definition) is 8. The minimum Gasteiger partial charge on any atom is -0.493 e. The Morgan fingerprint density at radius 1 is 1.22 bits per heavy atom. The fraction of sp³-hybridized carbons (Fsp3) is 0.522. The fourth-order valence-corrected chi connectivity index (χ4v) is 4.55. The molecule has 1 aliphatic carbocycles. The van der Waals surface area contributed by atoms with E-state index in [1.54, 1.807) is 7.11 Å². The van der Waals surface area contributed by atoms with E-state index >= 15 is 0 Å². The third-order valence-corrected chi connectivity index (χ3v) is 6.18. The molecular weight excluding hydrogens is 406 g/mol. The Balaban J connectivity index is 1.48. The maximum Gasteiger partial charge on any atom is 0.222 e. The number of fused-ring (bicyclic) bond motifs is 1. The van der Waals surface area contributed by atoms with Crippen LogP contribution in [0, 0.1) is 6.92 Å². The molecule has 5 rings (SSSR count). The summed E-state index contributed by atoms with van der Waals surface area (Å²) in [6.45, 7) is 6.06. The zero-order valence-electron chi connectivity index (χ0n) is 18.8. The number of rotatable bonds is 9. The number of H-pyrrole nitrogens is 1. The molecule has 9 heteroatoms. The van der Waals surface area contributed by atoms with Gasteiger partial charge in [0.25, 0.3) is 0 Å². The van der Waals surface area contributed by atoms with Crippen LogP contribution >= 0.6 is 0 Å². The highest BCUT2D eigenvalue weighted by Gasteiger charge is 2.33. The van der Waals surface area contributed by atoms with Crippen LogP contribution < -0.4 is 20.5 Å². The molecule has 0 bridgehead atoms. The number of likely N-dealkylation sites (tertiary alicyclic amines) is 1. The summed E-state index contributed by atoms with van der Waals surface area (Å²) in [7, 11) is 1.70. The Morgan fingerprint density at radius 3 is 2.72 bits per heavy atom. The van der Waals surface area contributed by atoms with E-state index in [2.05, 4.69) is 30.4 Å². The number of hydrogen-bond donors (Lipinski definition) is 3. The molecule has 1 saturated heterocycles. The van der Waals surface area contributed by atoms with Crippen molar-refractivity contribution >= 4 is 28.5 Å². The minimum atomic E-state index is 0.208. The van der Waals surface area contributed by atoms with Crippen LogP contribution in [-0.2, 0) is 0 Å². The summed E-state index contributed by atoms with van der Waals surface area (Å²) in [6.07, 6.45) is 5.81. The number of aromatic amines is 1. The lowest BCUT2D eigenvalue weighted by Gasteiger charge is -2.19. The maximum absolute atomic E-state index is 6.23. The molecule has 0 atom stereocenters. The Hall–Kier alpha value is -3.07. The molecule has 2 fully saturated rings. The van der Waals surface area contributed by atoms with Crippen LogP contribution in [0.1, 0.15) is 49.3 Å². The van der Waals surface area contributed by atoms with E-state index in [9.17, 15) is 0 Å². The smallest absolute Gasteiger partial charge is 0.222 e. The van der Waals surface area contributed by atoms with E-state index in [1.807, 2.05) is 19.1 Å². The molecule has 2 aromatic heterocycles. The van der Waals surface area contributed by atoms with Crippen molar-refractivity contribution in [2.75, 3.05) is 44.4 Å². The predicted octanol–water partition coefficient (Wildman–Crippen LogP) is 3.74. The van der Waals surface area contributed by atoms with Crippen molar-refractivity contribution in [2.24, 2.45) is 0 Å². The van der Waals surface area contributed by atoms with E-state index in [1.165, 1.54) is 25.9 Å². The Morgan fingerprint density at radius 2 is 2.03 bits per heavy atom. The molecule has 4 N–H and O–H groups in total. The number of aromatic nitrogens is 4. The third-order valence-electron chi connectivity index (χ3n) is 6.18. The van der Waals surface area contributed by atoms with Crippen LogP contribution in [0.3, 0.4) is 0 Å². The lowest BCUT2D eigenvalue weighted by molar-refractivity contribution is 0.254. The van der Waals surface area contributed by atoms with Crippen molar-refractivity contribution in [3.05, 3.63) is 23.4 Å². The first kappa shape index (κ1) is 20.8. The molecule has 170 valence electrons. The van der Waals surface area contributed by atoms with E-state index in [0.29, 0.717) is 24.2 Å². The first-order chi connectivity index (χ1) is 15.6. The fourth-order valence-electron chi connectivity index (χ4n) is 4.55. The molecule has 0 radical (unpaired) electrons. The second-order valence-corrected chi connectivity index (χ2v) is 8.73. The van der Waals surface area contributed by atoms with Crippen molar-refractivity contribution in [3.8, 4) is 11.5 Å². The molecule has 0 spiro atoms. The second kappa shape index (κ2) is 8.82. The van der Waals surface area contributed by atoms with Gasteiger partial charge in [0, 0.05) is 29.9 Å². The van der Waals surface area contributed by atoms with Gasteiger partial charge in [0.15, 0.2) is 17.3 Å². The normalized spacial score (nSPS) is 16.6. The average Bonchev–Trinajstić information content (AvgIpc) is 3.32. The molecular formula is C23H31N7O2. The Kier molecular flexibility index (Phi) is 5.73.